The molecule has 0 radical (unpaired) electrons. The van der Waals surface area contributed by atoms with Gasteiger partial charge in [0.25, 0.3) is 0 Å². The Morgan fingerprint density at radius 2 is 0.632 bits per heavy atom. The molecule has 8 aromatic carbocycles. The third kappa shape index (κ3) is 20.1. The molecule has 0 saturated carbocycles. The fourth-order valence-electron chi connectivity index (χ4n) is 12.0. The molecule has 17 heteroatoms. The van der Waals surface area contributed by atoms with Crippen molar-refractivity contribution in [2.24, 2.45) is 0 Å². The normalized spacial score (nSPS) is 25.9. The zero-order valence-corrected chi connectivity index (χ0v) is 53.9. The summed E-state index contributed by atoms with van der Waals surface area (Å²) in [6.07, 6.45) is -15.1. The van der Waals surface area contributed by atoms with E-state index in [-0.39, 0.29) is 66.1 Å². The maximum Gasteiger partial charge on any atom is 0.303 e. The Morgan fingerprint density at radius 1 is 0.326 bits per heavy atom. The predicted octanol–water partition coefficient (Wildman–Crippen LogP) is 12.0. The molecule has 8 aromatic rings. The van der Waals surface area contributed by atoms with Crippen LogP contribution in [0.2, 0.25) is 0 Å². The van der Waals surface area contributed by atoms with E-state index in [1.807, 2.05) is 250 Å². The molecule has 1 amide bonds. The van der Waals surface area contributed by atoms with Crippen LogP contribution in [0.5, 0.6) is 0 Å². The Balaban J connectivity index is 1.04. The van der Waals surface area contributed by atoms with E-state index in [1.54, 1.807) is 0 Å². The number of benzene rings is 8. The van der Waals surface area contributed by atoms with Crippen LogP contribution in [0.3, 0.4) is 0 Å². The zero-order chi connectivity index (χ0) is 65.4. The number of nitrogens with one attached hydrogen (secondary N) is 1. The van der Waals surface area contributed by atoms with Gasteiger partial charge in [0.2, 0.25) is 5.91 Å². The fourth-order valence-corrected chi connectivity index (χ4v) is 12.0. The van der Waals surface area contributed by atoms with E-state index in [1.165, 1.54) is 13.8 Å². The molecule has 17 nitrogen and oxygen atoms in total. The van der Waals surface area contributed by atoms with Gasteiger partial charge in [0.05, 0.1) is 72.2 Å². The molecule has 15 atom stereocenters. The van der Waals surface area contributed by atoms with Crippen molar-refractivity contribution in [1.29, 1.82) is 0 Å². The van der Waals surface area contributed by atoms with Crippen LogP contribution in [0.1, 0.15) is 65.3 Å². The molecule has 3 aliphatic heterocycles. The van der Waals surface area contributed by atoms with Gasteiger partial charge in [-0.2, -0.15) is 0 Å². The average Bonchev–Trinajstić information content (AvgIpc) is 0.775. The predicted molar refractivity (Wildman–Crippen MR) is 353 cm³/mol. The summed E-state index contributed by atoms with van der Waals surface area (Å²) in [6.45, 7) is 5.75. The van der Waals surface area contributed by atoms with Gasteiger partial charge in [-0.1, -0.05) is 243 Å². The Labute approximate surface area is 556 Å². The summed E-state index contributed by atoms with van der Waals surface area (Å²) in [4.78, 5) is 27.3. The van der Waals surface area contributed by atoms with Crippen molar-refractivity contribution in [3.8, 4) is 0 Å². The fraction of sp³-hybridized carbons (Fsp3) is 0.359. The van der Waals surface area contributed by atoms with E-state index >= 15 is 0 Å². The quantitative estimate of drug-likeness (QED) is 0.0394. The van der Waals surface area contributed by atoms with Crippen LogP contribution in [-0.2, 0) is 129 Å². The van der Waals surface area contributed by atoms with Crippen LogP contribution in [0, 0.1) is 0 Å². The molecule has 0 spiro atoms. The standard InChI is InChI=1S/C78H85NO16/c1-54-68(84-46-59-32-16-6-17-33-59)72(86-48-61-36-20-8-21-37-61)74(88-50-63-40-24-10-25-41-63)77(90-54)95-75-73(87-49-62-38-22-9-23-39-62)69(85-47-60-34-18-7-19-35-60)65(52-82-44-57-28-12-4-13-29-57)93-78(75)94-70-66(53-83-45-58-30-14-5-15-31-58)92-76(89-51-64-42-26-11-27-43-64)67(79-55(2)80)71(70)91-56(3)81/h4-43,54,65-78H,44-53H2,1-3H3,(H,79,80). The lowest BCUT2D eigenvalue weighted by atomic mass is 9.94. The first kappa shape index (κ1) is 68.6. The van der Waals surface area contributed by atoms with E-state index in [0.29, 0.717) is 0 Å². The van der Waals surface area contributed by atoms with Crippen molar-refractivity contribution in [2.75, 3.05) is 13.2 Å². The first-order valence-corrected chi connectivity index (χ1v) is 32.6. The second-order valence-corrected chi connectivity index (χ2v) is 23.9. The zero-order valence-electron chi connectivity index (χ0n) is 53.9. The Hall–Kier alpha value is -7.82. The summed E-state index contributed by atoms with van der Waals surface area (Å²) >= 11 is 0. The summed E-state index contributed by atoms with van der Waals surface area (Å²) < 4.78 is 98.8. The minimum Gasteiger partial charge on any atom is -0.457 e. The minimum absolute atomic E-state index is 0.0240. The highest BCUT2D eigenvalue weighted by molar-refractivity contribution is 5.73. The summed E-state index contributed by atoms with van der Waals surface area (Å²) in [7, 11) is 0. The third-order valence-electron chi connectivity index (χ3n) is 16.7. The van der Waals surface area contributed by atoms with Crippen molar-refractivity contribution >= 4 is 11.9 Å². The van der Waals surface area contributed by atoms with Gasteiger partial charge in [0.1, 0.15) is 61.0 Å². The summed E-state index contributed by atoms with van der Waals surface area (Å²) in [5.41, 5.74) is 7.21. The first-order valence-electron chi connectivity index (χ1n) is 32.6. The van der Waals surface area contributed by atoms with Crippen molar-refractivity contribution in [1.82, 2.24) is 5.32 Å². The topological polar surface area (TPSA) is 175 Å². The van der Waals surface area contributed by atoms with Gasteiger partial charge in [0.15, 0.2) is 25.0 Å². The monoisotopic (exact) mass is 1290 g/mol. The van der Waals surface area contributed by atoms with Gasteiger partial charge in [-0.15, -0.1) is 0 Å². The molecule has 11 rings (SSSR count). The Kier molecular flexibility index (Phi) is 25.8. The molecule has 0 bridgehead atoms. The van der Waals surface area contributed by atoms with Gasteiger partial charge in [-0.05, 0) is 51.4 Å². The van der Waals surface area contributed by atoms with Crippen LogP contribution in [-0.4, -0.2) is 117 Å². The molecule has 0 aliphatic carbocycles. The molecule has 3 saturated heterocycles. The molecular formula is C78H85NO16. The summed E-state index contributed by atoms with van der Waals surface area (Å²) in [5, 5.41) is 3.01. The van der Waals surface area contributed by atoms with Gasteiger partial charge in [-0.3, -0.25) is 9.59 Å². The van der Waals surface area contributed by atoms with Crippen LogP contribution in [0.25, 0.3) is 0 Å². The number of rotatable bonds is 32. The molecular weight excluding hydrogens is 1210 g/mol. The van der Waals surface area contributed by atoms with Gasteiger partial charge >= 0.3 is 5.97 Å². The molecule has 15 unspecified atom stereocenters. The van der Waals surface area contributed by atoms with Gasteiger partial charge in [0, 0.05) is 13.8 Å². The lowest BCUT2D eigenvalue weighted by molar-refractivity contribution is -0.395. The number of carbonyl (C=O) groups is 2. The Morgan fingerprint density at radius 3 is 1.02 bits per heavy atom. The van der Waals surface area contributed by atoms with E-state index in [9.17, 15) is 9.59 Å². The number of esters is 1. The highest BCUT2D eigenvalue weighted by Crippen LogP contribution is 2.39. The smallest absolute Gasteiger partial charge is 0.303 e. The first-order chi connectivity index (χ1) is 46.7. The lowest BCUT2D eigenvalue weighted by Gasteiger charge is -2.51. The lowest BCUT2D eigenvalue weighted by Crippen LogP contribution is -2.69. The molecule has 3 fully saturated rings. The molecule has 95 heavy (non-hydrogen) atoms. The highest BCUT2D eigenvalue weighted by Gasteiger charge is 2.57. The summed E-state index contributed by atoms with van der Waals surface area (Å²) in [6, 6.07) is 77.3. The van der Waals surface area contributed by atoms with Crippen LogP contribution >= 0.6 is 0 Å². The molecule has 498 valence electrons. The van der Waals surface area contributed by atoms with Crippen LogP contribution < -0.4 is 5.32 Å². The van der Waals surface area contributed by atoms with Crippen molar-refractivity contribution in [3.05, 3.63) is 287 Å². The van der Waals surface area contributed by atoms with Gasteiger partial charge in [-0.25, -0.2) is 0 Å². The minimum atomic E-state index is -1.48. The van der Waals surface area contributed by atoms with Crippen molar-refractivity contribution < 1.29 is 75.9 Å². The Bertz CT molecular complexity index is 3480. The van der Waals surface area contributed by atoms with E-state index < -0.39 is 104 Å². The number of amides is 1. The number of ether oxygens (including phenoxy) is 14. The second kappa shape index (κ2) is 35.8. The van der Waals surface area contributed by atoms with E-state index in [2.05, 4.69) is 5.32 Å². The van der Waals surface area contributed by atoms with E-state index in [0.717, 1.165) is 44.5 Å². The van der Waals surface area contributed by atoms with Gasteiger partial charge < -0.3 is 71.6 Å². The molecule has 0 aromatic heterocycles. The molecule has 3 heterocycles. The summed E-state index contributed by atoms with van der Waals surface area (Å²) in [5.74, 6) is -1.11. The molecule has 1 N–H and O–H groups in total. The van der Waals surface area contributed by atoms with Crippen LogP contribution in [0.4, 0.5) is 0 Å². The van der Waals surface area contributed by atoms with E-state index in [4.69, 9.17) is 66.3 Å². The largest absolute Gasteiger partial charge is 0.457 e. The SMILES string of the molecule is CC(=O)NC1C(OCc2ccccc2)OC(COCc2ccccc2)C(OC2OC(COCc3ccccc3)C(OCc3ccccc3)C(OCc3ccccc3)C2OC2OC(C)C(OCc3ccccc3)C(OCc3ccccc3)C2OCc2ccccc2)C1OC(C)=O. The van der Waals surface area contributed by atoms with Crippen molar-refractivity contribution in [3.63, 3.8) is 0 Å². The maximum atomic E-state index is 13.8. The number of carbonyl (C=O) groups excluding carboxylic acids is 2. The number of hydrogen-bond acceptors (Lipinski definition) is 16. The second-order valence-electron chi connectivity index (χ2n) is 23.9. The highest BCUT2D eigenvalue weighted by atomic mass is 16.8. The van der Waals surface area contributed by atoms with Crippen LogP contribution in [0.15, 0.2) is 243 Å². The maximum absolute atomic E-state index is 13.8. The number of hydrogen-bond donors (Lipinski definition) is 1. The average molecular weight is 1290 g/mol. The third-order valence-corrected chi connectivity index (χ3v) is 16.7. The van der Waals surface area contributed by atoms with Crippen molar-refractivity contribution in [2.45, 2.75) is 166 Å². The molecule has 3 aliphatic rings.